The van der Waals surface area contributed by atoms with Crippen molar-refractivity contribution in [1.29, 1.82) is 0 Å². The molecule has 6 heteroatoms. The standard InChI is InChI=1S/C15H21NO5/c1-4-5-14(17)16(10-15(18)19)9-11-6-12(20-2)8-13(7-11)21-3/h6-8H,4-5,9-10H2,1-3H3,(H,18,19). The van der Waals surface area contributed by atoms with E-state index < -0.39 is 5.97 Å². The molecule has 0 bridgehead atoms. The summed E-state index contributed by atoms with van der Waals surface area (Å²) >= 11 is 0. The molecule has 0 spiro atoms. The minimum Gasteiger partial charge on any atom is -0.497 e. The highest BCUT2D eigenvalue weighted by molar-refractivity contribution is 5.81. The third-order valence-electron chi connectivity index (χ3n) is 2.93. The second kappa shape index (κ2) is 8.14. The number of amides is 1. The molecule has 0 aliphatic heterocycles. The van der Waals surface area contributed by atoms with Gasteiger partial charge in [-0.1, -0.05) is 6.92 Å². The van der Waals surface area contributed by atoms with Crippen LogP contribution in [-0.4, -0.2) is 42.6 Å². The lowest BCUT2D eigenvalue weighted by Crippen LogP contribution is -2.34. The van der Waals surface area contributed by atoms with Crippen LogP contribution in [-0.2, 0) is 16.1 Å². The molecule has 0 heterocycles. The Hall–Kier alpha value is -2.24. The molecule has 0 aromatic heterocycles. The third-order valence-corrected chi connectivity index (χ3v) is 2.93. The first-order valence-corrected chi connectivity index (χ1v) is 6.71. The van der Waals surface area contributed by atoms with Crippen molar-refractivity contribution in [3.63, 3.8) is 0 Å². The zero-order chi connectivity index (χ0) is 15.8. The summed E-state index contributed by atoms with van der Waals surface area (Å²) in [6.45, 7) is 1.77. The summed E-state index contributed by atoms with van der Waals surface area (Å²) in [5, 5.41) is 8.94. The van der Waals surface area contributed by atoms with Gasteiger partial charge in [-0.2, -0.15) is 0 Å². The second-order valence-corrected chi connectivity index (χ2v) is 4.61. The molecule has 1 aromatic carbocycles. The molecule has 0 radical (unpaired) electrons. The molecule has 21 heavy (non-hydrogen) atoms. The first kappa shape index (κ1) is 16.8. The summed E-state index contributed by atoms with van der Waals surface area (Å²) in [6, 6.07) is 5.24. The number of methoxy groups -OCH3 is 2. The number of rotatable bonds is 8. The van der Waals surface area contributed by atoms with Crippen LogP contribution in [0, 0.1) is 0 Å². The van der Waals surface area contributed by atoms with E-state index in [0.29, 0.717) is 24.3 Å². The van der Waals surface area contributed by atoms with Gasteiger partial charge in [0.25, 0.3) is 0 Å². The summed E-state index contributed by atoms with van der Waals surface area (Å²) in [5.41, 5.74) is 0.761. The number of carboxylic acids is 1. The van der Waals surface area contributed by atoms with Gasteiger partial charge in [-0.05, 0) is 24.1 Å². The van der Waals surface area contributed by atoms with Gasteiger partial charge in [0.15, 0.2) is 0 Å². The minimum atomic E-state index is -1.03. The van der Waals surface area contributed by atoms with Crippen molar-refractivity contribution in [1.82, 2.24) is 4.90 Å². The molecule has 1 amide bonds. The Kier molecular flexibility index (Phi) is 6.52. The Morgan fingerprint density at radius 1 is 1.14 bits per heavy atom. The highest BCUT2D eigenvalue weighted by atomic mass is 16.5. The first-order chi connectivity index (χ1) is 9.99. The Morgan fingerprint density at radius 2 is 1.71 bits per heavy atom. The molecule has 116 valence electrons. The first-order valence-electron chi connectivity index (χ1n) is 6.71. The van der Waals surface area contributed by atoms with Crippen LogP contribution in [0.5, 0.6) is 11.5 Å². The van der Waals surface area contributed by atoms with Crippen molar-refractivity contribution in [3.05, 3.63) is 23.8 Å². The summed E-state index contributed by atoms with van der Waals surface area (Å²) in [6.07, 6.45) is 1.00. The van der Waals surface area contributed by atoms with Crippen molar-refractivity contribution in [2.75, 3.05) is 20.8 Å². The number of aliphatic carboxylic acids is 1. The van der Waals surface area contributed by atoms with Crippen molar-refractivity contribution in [3.8, 4) is 11.5 Å². The Labute approximate surface area is 124 Å². The molecule has 6 nitrogen and oxygen atoms in total. The number of carbonyl (C=O) groups is 2. The highest BCUT2D eigenvalue weighted by Crippen LogP contribution is 2.23. The van der Waals surface area contributed by atoms with Crippen LogP contribution in [0.3, 0.4) is 0 Å². The summed E-state index contributed by atoms with van der Waals surface area (Å²) < 4.78 is 10.3. The fourth-order valence-corrected chi connectivity index (χ4v) is 1.95. The van der Waals surface area contributed by atoms with Crippen LogP contribution in [0.25, 0.3) is 0 Å². The molecular formula is C15H21NO5. The molecule has 0 saturated heterocycles. The molecule has 1 rings (SSSR count). The predicted molar refractivity (Wildman–Crippen MR) is 77.5 cm³/mol. The van der Waals surface area contributed by atoms with E-state index in [2.05, 4.69) is 0 Å². The van der Waals surface area contributed by atoms with Crippen LogP contribution in [0.1, 0.15) is 25.3 Å². The number of carboxylic acid groups (broad SMARTS) is 1. The van der Waals surface area contributed by atoms with Crippen LogP contribution in [0.4, 0.5) is 0 Å². The summed E-state index contributed by atoms with van der Waals surface area (Å²) in [4.78, 5) is 24.2. The van der Waals surface area contributed by atoms with Crippen molar-refractivity contribution < 1.29 is 24.2 Å². The summed E-state index contributed by atoms with van der Waals surface area (Å²) in [7, 11) is 3.08. The predicted octanol–water partition coefficient (Wildman–Crippen LogP) is 1.92. The zero-order valence-electron chi connectivity index (χ0n) is 12.6. The van der Waals surface area contributed by atoms with Gasteiger partial charge < -0.3 is 19.5 Å². The number of hydrogen-bond donors (Lipinski definition) is 1. The van der Waals surface area contributed by atoms with Gasteiger partial charge in [0, 0.05) is 19.0 Å². The Balaban J connectivity index is 2.96. The van der Waals surface area contributed by atoms with E-state index in [1.807, 2.05) is 6.92 Å². The van der Waals surface area contributed by atoms with Crippen LogP contribution < -0.4 is 9.47 Å². The molecule has 0 aliphatic rings. The number of hydrogen-bond acceptors (Lipinski definition) is 4. The number of ether oxygens (including phenoxy) is 2. The molecule has 1 N–H and O–H groups in total. The van der Waals surface area contributed by atoms with E-state index in [4.69, 9.17) is 14.6 Å². The van der Waals surface area contributed by atoms with Gasteiger partial charge in [0.2, 0.25) is 5.91 Å². The highest BCUT2D eigenvalue weighted by Gasteiger charge is 2.17. The van der Waals surface area contributed by atoms with E-state index in [1.54, 1.807) is 18.2 Å². The zero-order valence-corrected chi connectivity index (χ0v) is 12.6. The second-order valence-electron chi connectivity index (χ2n) is 4.61. The fraction of sp³-hybridized carbons (Fsp3) is 0.467. The number of nitrogens with zero attached hydrogens (tertiary/aromatic N) is 1. The average Bonchev–Trinajstić information content (AvgIpc) is 2.45. The van der Waals surface area contributed by atoms with Gasteiger partial charge >= 0.3 is 5.97 Å². The Bertz CT molecular complexity index is 479. The maximum absolute atomic E-state index is 12.0. The van der Waals surface area contributed by atoms with E-state index in [0.717, 1.165) is 5.56 Å². The SMILES string of the molecule is CCCC(=O)N(CC(=O)O)Cc1cc(OC)cc(OC)c1. The summed E-state index contributed by atoms with van der Waals surface area (Å²) in [5.74, 6) is -0.0128. The normalized spacial score (nSPS) is 10.0. The van der Waals surface area contributed by atoms with Gasteiger partial charge in [0.1, 0.15) is 18.0 Å². The maximum atomic E-state index is 12.0. The lowest BCUT2D eigenvalue weighted by Gasteiger charge is -2.21. The lowest BCUT2D eigenvalue weighted by atomic mass is 10.1. The van der Waals surface area contributed by atoms with Gasteiger partial charge in [-0.15, -0.1) is 0 Å². The van der Waals surface area contributed by atoms with E-state index in [9.17, 15) is 9.59 Å². The van der Waals surface area contributed by atoms with Crippen molar-refractivity contribution in [2.24, 2.45) is 0 Å². The molecule has 0 fully saturated rings. The minimum absolute atomic E-state index is 0.179. The molecule has 0 saturated carbocycles. The van der Waals surface area contributed by atoms with Gasteiger partial charge in [-0.3, -0.25) is 9.59 Å². The monoisotopic (exact) mass is 295 g/mol. The van der Waals surface area contributed by atoms with E-state index in [1.165, 1.54) is 19.1 Å². The van der Waals surface area contributed by atoms with Gasteiger partial charge in [-0.25, -0.2) is 0 Å². The van der Waals surface area contributed by atoms with Crippen LogP contribution >= 0.6 is 0 Å². The fourth-order valence-electron chi connectivity index (χ4n) is 1.95. The lowest BCUT2D eigenvalue weighted by molar-refractivity contribution is -0.144. The molecular weight excluding hydrogens is 274 g/mol. The van der Waals surface area contributed by atoms with Crippen LogP contribution in [0.2, 0.25) is 0 Å². The number of benzene rings is 1. The van der Waals surface area contributed by atoms with Crippen molar-refractivity contribution in [2.45, 2.75) is 26.3 Å². The topological polar surface area (TPSA) is 76.1 Å². The third kappa shape index (κ3) is 5.33. The number of carbonyl (C=O) groups excluding carboxylic acids is 1. The Morgan fingerprint density at radius 3 is 2.14 bits per heavy atom. The van der Waals surface area contributed by atoms with Crippen LogP contribution in [0.15, 0.2) is 18.2 Å². The maximum Gasteiger partial charge on any atom is 0.323 e. The molecule has 1 aromatic rings. The average molecular weight is 295 g/mol. The molecule has 0 aliphatic carbocycles. The largest absolute Gasteiger partial charge is 0.497 e. The smallest absolute Gasteiger partial charge is 0.323 e. The van der Waals surface area contributed by atoms with Crippen molar-refractivity contribution >= 4 is 11.9 Å². The van der Waals surface area contributed by atoms with Gasteiger partial charge in [0.05, 0.1) is 14.2 Å². The van der Waals surface area contributed by atoms with E-state index in [-0.39, 0.29) is 19.0 Å². The molecule has 0 unspecified atom stereocenters. The molecule has 0 atom stereocenters. The van der Waals surface area contributed by atoms with E-state index >= 15 is 0 Å². The quantitative estimate of drug-likeness (QED) is 0.793.